The van der Waals surface area contributed by atoms with Gasteiger partial charge < -0.3 is 10.3 Å². The van der Waals surface area contributed by atoms with Crippen molar-refractivity contribution < 1.29 is 9.72 Å². The van der Waals surface area contributed by atoms with Crippen LogP contribution in [0.5, 0.6) is 0 Å². The van der Waals surface area contributed by atoms with Gasteiger partial charge in [-0.2, -0.15) is 0 Å². The van der Waals surface area contributed by atoms with Crippen molar-refractivity contribution in [2.45, 2.75) is 37.8 Å². The van der Waals surface area contributed by atoms with E-state index in [1.54, 1.807) is 24.3 Å². The molecule has 2 heterocycles. The standard InChI is InChI=1S/C22H22N4O4S/c1-4-9-31-21-24-19-18(20(28)25-21)16(12-7-5-6-8-14(12)26(29)30)17-13(23-19)10-22(2,3)11-15(17)27/h4-8,16H,1,9-11H2,2-3H3,(H2,23,24,25,28). The number of hydrogen-bond acceptors (Lipinski definition) is 7. The fourth-order valence-electron chi connectivity index (χ4n) is 4.31. The van der Waals surface area contributed by atoms with E-state index in [-0.39, 0.29) is 22.4 Å². The number of aromatic nitrogens is 2. The largest absolute Gasteiger partial charge is 0.343 e. The summed E-state index contributed by atoms with van der Waals surface area (Å²) in [6, 6.07) is 6.25. The zero-order chi connectivity index (χ0) is 22.3. The van der Waals surface area contributed by atoms with Gasteiger partial charge in [0.2, 0.25) is 0 Å². The third-order valence-electron chi connectivity index (χ3n) is 5.48. The number of aromatic amines is 1. The van der Waals surface area contributed by atoms with Crippen LogP contribution in [0, 0.1) is 15.5 Å². The van der Waals surface area contributed by atoms with E-state index in [1.165, 1.54) is 17.8 Å². The fraction of sp³-hybridized carbons (Fsp3) is 0.318. The molecule has 31 heavy (non-hydrogen) atoms. The number of fused-ring (bicyclic) bond motifs is 1. The molecule has 9 heteroatoms. The van der Waals surface area contributed by atoms with Crippen molar-refractivity contribution in [2.24, 2.45) is 5.41 Å². The zero-order valence-electron chi connectivity index (χ0n) is 17.2. The molecule has 160 valence electrons. The maximum atomic E-state index is 13.2. The Balaban J connectivity index is 1.98. The normalized spacial score (nSPS) is 19.3. The summed E-state index contributed by atoms with van der Waals surface area (Å²) in [5.74, 6) is -0.0691. The van der Waals surface area contributed by atoms with Crippen LogP contribution in [0.1, 0.15) is 43.7 Å². The minimum absolute atomic E-state index is 0.114. The smallest absolute Gasteiger partial charge is 0.273 e. The average molecular weight is 439 g/mol. The van der Waals surface area contributed by atoms with Crippen LogP contribution in [-0.4, -0.2) is 26.4 Å². The first-order valence-corrected chi connectivity index (χ1v) is 10.8. The number of nitro groups is 1. The Morgan fingerprint density at radius 1 is 1.32 bits per heavy atom. The summed E-state index contributed by atoms with van der Waals surface area (Å²) in [6.45, 7) is 7.68. The first-order valence-electron chi connectivity index (χ1n) is 9.86. The van der Waals surface area contributed by atoms with Gasteiger partial charge in [0.25, 0.3) is 11.2 Å². The van der Waals surface area contributed by atoms with Crippen LogP contribution in [0.15, 0.2) is 58.1 Å². The highest BCUT2D eigenvalue weighted by Crippen LogP contribution is 2.49. The number of benzene rings is 1. The van der Waals surface area contributed by atoms with E-state index in [4.69, 9.17) is 0 Å². The Morgan fingerprint density at radius 3 is 2.77 bits per heavy atom. The Bertz CT molecular complexity index is 1200. The van der Waals surface area contributed by atoms with Gasteiger partial charge in [0.05, 0.1) is 16.4 Å². The predicted molar refractivity (Wildman–Crippen MR) is 119 cm³/mol. The number of H-pyrrole nitrogens is 1. The number of rotatable bonds is 5. The van der Waals surface area contributed by atoms with Crippen molar-refractivity contribution in [2.75, 3.05) is 11.1 Å². The van der Waals surface area contributed by atoms with Crippen LogP contribution in [0.2, 0.25) is 0 Å². The first kappa shape index (κ1) is 21.0. The molecule has 0 saturated heterocycles. The number of Topliss-reactive ketones (excluding diaryl/α,β-unsaturated/α-hetero) is 1. The van der Waals surface area contributed by atoms with Gasteiger partial charge in [-0.1, -0.05) is 49.9 Å². The van der Waals surface area contributed by atoms with E-state index in [1.807, 2.05) is 13.8 Å². The van der Waals surface area contributed by atoms with E-state index in [0.717, 1.165) is 0 Å². The first-order chi connectivity index (χ1) is 14.7. The third kappa shape index (κ3) is 3.81. The van der Waals surface area contributed by atoms with Crippen LogP contribution in [0.25, 0.3) is 0 Å². The molecule has 0 radical (unpaired) electrons. The summed E-state index contributed by atoms with van der Waals surface area (Å²) >= 11 is 1.33. The monoisotopic (exact) mass is 438 g/mol. The molecular formula is C22H22N4O4S. The van der Waals surface area contributed by atoms with Crippen molar-refractivity contribution >= 4 is 29.1 Å². The maximum Gasteiger partial charge on any atom is 0.273 e. The van der Waals surface area contributed by atoms with E-state index in [0.29, 0.717) is 46.4 Å². The second-order valence-electron chi connectivity index (χ2n) is 8.44. The Hall–Kier alpha value is -3.20. The lowest BCUT2D eigenvalue weighted by Gasteiger charge is -2.38. The summed E-state index contributed by atoms with van der Waals surface area (Å²) in [6.07, 6.45) is 2.59. The minimum atomic E-state index is -0.855. The van der Waals surface area contributed by atoms with Gasteiger partial charge in [0.1, 0.15) is 5.82 Å². The van der Waals surface area contributed by atoms with Crippen molar-refractivity contribution in [1.82, 2.24) is 9.97 Å². The molecule has 1 atom stereocenters. The van der Waals surface area contributed by atoms with Crippen LogP contribution >= 0.6 is 11.8 Å². The van der Waals surface area contributed by atoms with E-state index in [2.05, 4.69) is 21.9 Å². The second kappa shape index (κ2) is 7.81. The van der Waals surface area contributed by atoms with Crippen molar-refractivity contribution in [1.29, 1.82) is 0 Å². The Kier molecular flexibility index (Phi) is 5.30. The number of carbonyl (C=O) groups is 1. The van der Waals surface area contributed by atoms with Gasteiger partial charge in [-0.15, -0.1) is 6.58 Å². The van der Waals surface area contributed by atoms with Gasteiger partial charge in [0.15, 0.2) is 10.9 Å². The number of anilines is 1. The van der Waals surface area contributed by atoms with E-state index >= 15 is 0 Å². The predicted octanol–water partition coefficient (Wildman–Crippen LogP) is 4.16. The number of para-hydroxylation sites is 1. The van der Waals surface area contributed by atoms with Gasteiger partial charge in [0, 0.05) is 35.1 Å². The number of allylic oxidation sites excluding steroid dienone is 2. The van der Waals surface area contributed by atoms with Gasteiger partial charge in [-0.25, -0.2) is 4.98 Å². The van der Waals surface area contributed by atoms with Gasteiger partial charge >= 0.3 is 0 Å². The van der Waals surface area contributed by atoms with E-state index < -0.39 is 16.4 Å². The van der Waals surface area contributed by atoms with E-state index in [9.17, 15) is 19.7 Å². The molecular weight excluding hydrogens is 416 g/mol. The number of hydrogen-bond donors (Lipinski definition) is 2. The number of nitrogens with one attached hydrogen (secondary N) is 2. The van der Waals surface area contributed by atoms with Crippen molar-refractivity contribution in [3.8, 4) is 0 Å². The molecule has 0 amide bonds. The molecule has 8 nitrogen and oxygen atoms in total. The number of ketones is 1. The topological polar surface area (TPSA) is 118 Å². The second-order valence-corrected chi connectivity index (χ2v) is 9.45. The molecule has 2 aromatic rings. The maximum absolute atomic E-state index is 13.2. The molecule has 1 aromatic heterocycles. The summed E-state index contributed by atoms with van der Waals surface area (Å²) in [5, 5.41) is 15.4. The molecule has 0 bridgehead atoms. The molecule has 4 rings (SSSR count). The SMILES string of the molecule is C=CCSc1nc2c(c(=O)[nH]1)C(c1ccccc1[N+](=O)[O-])C1=C(CC(C)(C)CC1=O)N2. The highest BCUT2D eigenvalue weighted by molar-refractivity contribution is 7.99. The Labute approximate surface area is 183 Å². The molecule has 2 aliphatic rings. The van der Waals surface area contributed by atoms with Gasteiger partial charge in [-0.3, -0.25) is 19.7 Å². The number of nitro benzene ring substituents is 1. The Morgan fingerprint density at radius 2 is 2.06 bits per heavy atom. The highest BCUT2D eigenvalue weighted by Gasteiger charge is 2.44. The van der Waals surface area contributed by atoms with Gasteiger partial charge in [-0.05, 0) is 11.8 Å². The van der Waals surface area contributed by atoms with Crippen LogP contribution in [0.4, 0.5) is 11.5 Å². The summed E-state index contributed by atoms with van der Waals surface area (Å²) in [5.41, 5.74) is 0.814. The summed E-state index contributed by atoms with van der Waals surface area (Å²) in [7, 11) is 0. The number of carbonyl (C=O) groups excluding carboxylic acids is 1. The summed E-state index contributed by atoms with van der Waals surface area (Å²) < 4.78 is 0. The molecule has 1 aliphatic heterocycles. The lowest BCUT2D eigenvalue weighted by atomic mass is 9.69. The quantitative estimate of drug-likeness (QED) is 0.237. The molecule has 0 spiro atoms. The zero-order valence-corrected chi connectivity index (χ0v) is 18.0. The van der Waals surface area contributed by atoms with Crippen LogP contribution < -0.4 is 10.9 Å². The molecule has 2 N–H and O–H groups in total. The molecule has 0 saturated carbocycles. The fourth-order valence-corrected chi connectivity index (χ4v) is 4.90. The van der Waals surface area contributed by atoms with Crippen molar-refractivity contribution in [3.05, 3.63) is 79.8 Å². The summed E-state index contributed by atoms with van der Waals surface area (Å²) in [4.78, 5) is 44.9. The average Bonchev–Trinajstić information content (AvgIpc) is 2.69. The lowest BCUT2D eigenvalue weighted by molar-refractivity contribution is -0.385. The van der Waals surface area contributed by atoms with Crippen LogP contribution in [-0.2, 0) is 4.79 Å². The molecule has 1 aromatic carbocycles. The molecule has 0 fully saturated rings. The molecule has 1 unspecified atom stereocenters. The lowest BCUT2D eigenvalue weighted by Crippen LogP contribution is -2.37. The van der Waals surface area contributed by atoms with Crippen LogP contribution in [0.3, 0.4) is 0 Å². The number of thioether (sulfide) groups is 1. The minimum Gasteiger partial charge on any atom is -0.343 e. The van der Waals surface area contributed by atoms with Crippen molar-refractivity contribution in [3.63, 3.8) is 0 Å². The molecule has 1 aliphatic carbocycles. The third-order valence-corrected chi connectivity index (χ3v) is 6.35. The highest BCUT2D eigenvalue weighted by atomic mass is 32.2. The number of nitrogens with zero attached hydrogens (tertiary/aromatic N) is 2.